The molecule has 1 aromatic carbocycles. The van der Waals surface area contributed by atoms with Crippen LogP contribution in [0.15, 0.2) is 45.7 Å². The van der Waals surface area contributed by atoms with Crippen molar-refractivity contribution in [1.82, 2.24) is 34.7 Å². The summed E-state index contributed by atoms with van der Waals surface area (Å²) in [7, 11) is 1.61. The molecule has 12 heteroatoms. The Morgan fingerprint density at radius 1 is 1.08 bits per heavy atom. The van der Waals surface area contributed by atoms with Gasteiger partial charge in [-0.05, 0) is 36.5 Å². The van der Waals surface area contributed by atoms with E-state index in [4.69, 9.17) is 4.42 Å². The van der Waals surface area contributed by atoms with Gasteiger partial charge < -0.3 is 20.0 Å². The second kappa shape index (κ2) is 9.88. The van der Waals surface area contributed by atoms with E-state index in [1.165, 1.54) is 21.3 Å². The number of aryl methyl sites for hydroxylation is 1. The first-order chi connectivity index (χ1) is 17.8. The van der Waals surface area contributed by atoms with Gasteiger partial charge in [0.1, 0.15) is 11.4 Å². The molecule has 1 fully saturated rings. The summed E-state index contributed by atoms with van der Waals surface area (Å²) in [6.07, 6.45) is 3.16. The van der Waals surface area contributed by atoms with Crippen LogP contribution in [0.4, 0.5) is 0 Å². The lowest BCUT2D eigenvalue weighted by Crippen LogP contribution is -2.40. The summed E-state index contributed by atoms with van der Waals surface area (Å²) in [6, 6.07) is 8.26. The van der Waals surface area contributed by atoms with Crippen LogP contribution in [0.1, 0.15) is 46.3 Å². The maximum absolute atomic E-state index is 13.1. The second-order valence-electron chi connectivity index (χ2n) is 9.20. The fraction of sp³-hybridized carbons (Fsp3) is 0.360. The zero-order valence-electron chi connectivity index (χ0n) is 20.6. The van der Waals surface area contributed by atoms with E-state index in [9.17, 15) is 19.2 Å². The molecular weight excluding hydrogens is 478 g/mol. The number of rotatable bonds is 6. The number of benzene rings is 1. The summed E-state index contributed by atoms with van der Waals surface area (Å²) >= 11 is 0. The lowest BCUT2D eigenvalue weighted by Gasteiger charge is -2.31. The number of carbonyl (C=O) groups excluding carboxylic acids is 3. The molecule has 1 aliphatic heterocycles. The molecule has 1 saturated heterocycles. The van der Waals surface area contributed by atoms with Gasteiger partial charge in [-0.25, -0.2) is 14.3 Å². The largest absolute Gasteiger partial charge is 0.419 e. The van der Waals surface area contributed by atoms with E-state index in [0.717, 1.165) is 18.4 Å². The van der Waals surface area contributed by atoms with Crippen molar-refractivity contribution in [3.8, 4) is 0 Å². The molecule has 0 atom stereocenters. The third-order valence-corrected chi connectivity index (χ3v) is 6.74. The Balaban J connectivity index is 1.27. The molecule has 0 unspecified atom stereocenters. The normalized spacial score (nSPS) is 14.3. The first-order valence-electron chi connectivity index (χ1n) is 12.1. The van der Waals surface area contributed by atoms with Crippen LogP contribution in [0, 0.1) is 5.92 Å². The Morgan fingerprint density at radius 2 is 1.86 bits per heavy atom. The molecule has 37 heavy (non-hydrogen) atoms. The molecule has 0 aliphatic carbocycles. The number of hydrogen-bond donors (Lipinski definition) is 2. The molecule has 3 amide bonds. The number of nitrogens with one attached hydrogen (secondary N) is 2. The Labute approximate surface area is 211 Å². The van der Waals surface area contributed by atoms with Crippen molar-refractivity contribution in [2.75, 3.05) is 19.6 Å². The number of aromatic nitrogens is 4. The minimum absolute atomic E-state index is 0.0683. The van der Waals surface area contributed by atoms with Gasteiger partial charge in [-0.15, -0.1) is 0 Å². The fourth-order valence-electron chi connectivity index (χ4n) is 4.53. The number of oxazole rings is 1. The average Bonchev–Trinajstić information content (AvgIpc) is 3.49. The van der Waals surface area contributed by atoms with Gasteiger partial charge in [-0.2, -0.15) is 5.10 Å². The van der Waals surface area contributed by atoms with E-state index in [0.29, 0.717) is 36.4 Å². The van der Waals surface area contributed by atoms with Crippen molar-refractivity contribution in [1.29, 1.82) is 0 Å². The van der Waals surface area contributed by atoms with E-state index in [1.807, 2.05) is 4.90 Å². The molecule has 0 bridgehead atoms. The molecule has 0 spiro atoms. The van der Waals surface area contributed by atoms with Gasteiger partial charge in [0.05, 0.1) is 11.7 Å². The fourth-order valence-corrected chi connectivity index (χ4v) is 4.53. The van der Waals surface area contributed by atoms with Crippen molar-refractivity contribution in [2.45, 2.75) is 26.3 Å². The average molecular weight is 506 g/mol. The molecule has 192 valence electrons. The minimum atomic E-state index is -0.457. The molecule has 2 N–H and O–H groups in total. The van der Waals surface area contributed by atoms with Crippen LogP contribution in [0.2, 0.25) is 0 Å². The zero-order valence-corrected chi connectivity index (χ0v) is 20.6. The van der Waals surface area contributed by atoms with Crippen molar-refractivity contribution in [3.05, 3.63) is 64.0 Å². The van der Waals surface area contributed by atoms with E-state index >= 15 is 0 Å². The van der Waals surface area contributed by atoms with Gasteiger partial charge in [0.2, 0.25) is 5.91 Å². The topological polar surface area (TPSA) is 144 Å². The second-order valence-corrected chi connectivity index (χ2v) is 9.20. The van der Waals surface area contributed by atoms with Crippen molar-refractivity contribution in [3.63, 3.8) is 0 Å². The first-order valence-corrected chi connectivity index (χ1v) is 12.1. The maximum Gasteiger partial charge on any atom is 0.419 e. The number of likely N-dealkylation sites (tertiary alicyclic amines) is 1. The van der Waals surface area contributed by atoms with Gasteiger partial charge in [0, 0.05) is 52.3 Å². The number of hydrogen-bond acceptors (Lipinski definition) is 7. The van der Waals surface area contributed by atoms with E-state index < -0.39 is 11.7 Å². The summed E-state index contributed by atoms with van der Waals surface area (Å²) in [5.74, 6) is -0.925. The highest BCUT2D eigenvalue weighted by Crippen LogP contribution is 2.17. The highest BCUT2D eigenvalue weighted by atomic mass is 16.4. The minimum Gasteiger partial charge on any atom is -0.408 e. The lowest BCUT2D eigenvalue weighted by atomic mass is 9.97. The summed E-state index contributed by atoms with van der Waals surface area (Å²) in [5.41, 5.74) is 2.54. The molecule has 1 aliphatic rings. The van der Waals surface area contributed by atoms with Gasteiger partial charge in [-0.1, -0.05) is 6.07 Å². The van der Waals surface area contributed by atoms with Gasteiger partial charge in [-0.3, -0.25) is 19.0 Å². The monoisotopic (exact) mass is 505 g/mol. The van der Waals surface area contributed by atoms with Gasteiger partial charge >= 0.3 is 5.76 Å². The predicted molar refractivity (Wildman–Crippen MR) is 133 cm³/mol. The molecule has 4 heterocycles. The van der Waals surface area contributed by atoms with Crippen LogP contribution in [0.3, 0.4) is 0 Å². The zero-order chi connectivity index (χ0) is 26.1. The third kappa shape index (κ3) is 4.95. The standard InChI is InChI=1S/C25H27N7O5/c1-15(33)31-9-6-16(7-10-31)13-27-24(35)20-12-18(29-22-5-8-28-32(20)22)23(34)26-14-17-3-4-21-19(11-17)30(2)25(36)37-21/h3-5,8,11-12,16H,6-7,9-10,13-14H2,1-2H3,(H,26,34)(H,27,35). The van der Waals surface area contributed by atoms with E-state index in [1.54, 1.807) is 38.2 Å². The molecule has 12 nitrogen and oxygen atoms in total. The number of fused-ring (bicyclic) bond motifs is 2. The van der Waals surface area contributed by atoms with Crippen molar-refractivity contribution in [2.24, 2.45) is 13.0 Å². The molecule has 5 rings (SSSR count). The SMILES string of the molecule is CC(=O)N1CCC(CNC(=O)c2cc(C(=O)NCc3ccc4oc(=O)n(C)c4c3)nc3ccnn23)CC1. The first kappa shape index (κ1) is 24.2. The van der Waals surface area contributed by atoms with Crippen LogP contribution >= 0.6 is 0 Å². The molecule has 4 aromatic rings. The number of carbonyl (C=O) groups is 3. The Bertz CT molecular complexity index is 1560. The Morgan fingerprint density at radius 3 is 2.62 bits per heavy atom. The van der Waals surface area contributed by atoms with Crippen LogP contribution in [-0.2, 0) is 18.4 Å². The lowest BCUT2D eigenvalue weighted by molar-refractivity contribution is -0.130. The number of amides is 3. The van der Waals surface area contributed by atoms with Crippen LogP contribution in [0.5, 0.6) is 0 Å². The van der Waals surface area contributed by atoms with Crippen LogP contribution < -0.4 is 16.4 Å². The predicted octanol–water partition coefficient (Wildman–Crippen LogP) is 1.09. The molecular formula is C25H27N7O5. The molecule has 3 aromatic heterocycles. The summed E-state index contributed by atoms with van der Waals surface area (Å²) in [6.45, 7) is 3.60. The Hall–Kier alpha value is -4.48. The van der Waals surface area contributed by atoms with Crippen LogP contribution in [0.25, 0.3) is 16.7 Å². The summed E-state index contributed by atoms with van der Waals surface area (Å²) in [5, 5.41) is 9.93. The smallest absolute Gasteiger partial charge is 0.408 e. The molecule has 0 radical (unpaired) electrons. The van der Waals surface area contributed by atoms with E-state index in [2.05, 4.69) is 20.7 Å². The van der Waals surface area contributed by atoms with E-state index in [-0.39, 0.29) is 35.7 Å². The molecule has 0 saturated carbocycles. The van der Waals surface area contributed by atoms with Crippen LogP contribution in [-0.4, -0.2) is 61.4 Å². The number of nitrogens with zero attached hydrogens (tertiary/aromatic N) is 5. The number of piperidine rings is 1. The van der Waals surface area contributed by atoms with Crippen molar-refractivity contribution >= 4 is 34.5 Å². The highest BCUT2D eigenvalue weighted by molar-refractivity contribution is 5.98. The third-order valence-electron chi connectivity index (χ3n) is 6.74. The van der Waals surface area contributed by atoms with Gasteiger partial charge in [0.25, 0.3) is 11.8 Å². The van der Waals surface area contributed by atoms with Crippen molar-refractivity contribution < 1.29 is 18.8 Å². The maximum atomic E-state index is 13.1. The van der Waals surface area contributed by atoms with Gasteiger partial charge in [0.15, 0.2) is 11.2 Å². The summed E-state index contributed by atoms with van der Waals surface area (Å²) in [4.78, 5) is 55.4. The highest BCUT2D eigenvalue weighted by Gasteiger charge is 2.23. The quantitative estimate of drug-likeness (QED) is 0.399. The summed E-state index contributed by atoms with van der Waals surface area (Å²) < 4.78 is 7.94. The Kier molecular flexibility index (Phi) is 6.47.